The number of carbonyl (C=O) groups is 1. The predicted octanol–water partition coefficient (Wildman–Crippen LogP) is 0.510. The number of quaternary nitrogens is 1. The van der Waals surface area contributed by atoms with Crippen LogP contribution in [0.2, 0.25) is 0 Å². The third-order valence-electron chi connectivity index (χ3n) is 3.78. The molecule has 1 aromatic carbocycles. The number of benzene rings is 1. The summed E-state index contributed by atoms with van der Waals surface area (Å²) in [5.74, 6) is 0.799. The molecule has 2 rings (SSSR count). The highest BCUT2D eigenvalue weighted by Crippen LogP contribution is 2.12. The molecule has 0 bridgehead atoms. The third-order valence-corrected chi connectivity index (χ3v) is 3.78. The predicted molar refractivity (Wildman–Crippen MR) is 85.6 cm³/mol. The van der Waals surface area contributed by atoms with Gasteiger partial charge in [-0.25, -0.2) is 0 Å². The van der Waals surface area contributed by atoms with E-state index in [-0.39, 0.29) is 5.91 Å². The second kappa shape index (κ2) is 9.43. The van der Waals surface area contributed by atoms with Gasteiger partial charge in [0.05, 0.1) is 26.4 Å². The van der Waals surface area contributed by atoms with E-state index in [0.717, 1.165) is 58.0 Å². The summed E-state index contributed by atoms with van der Waals surface area (Å²) in [5, 5.41) is 2.98. The summed E-state index contributed by atoms with van der Waals surface area (Å²) in [6.45, 7) is 8.45. The molecule has 0 saturated carbocycles. The molecule has 0 aliphatic carbocycles. The van der Waals surface area contributed by atoms with Crippen molar-refractivity contribution in [1.82, 2.24) is 5.32 Å². The van der Waals surface area contributed by atoms with Crippen LogP contribution in [0.25, 0.3) is 0 Å². The number of amides is 1. The van der Waals surface area contributed by atoms with E-state index < -0.39 is 0 Å². The Morgan fingerprint density at radius 1 is 1.27 bits per heavy atom. The van der Waals surface area contributed by atoms with Crippen molar-refractivity contribution in [3.63, 3.8) is 0 Å². The standard InChI is InChI=1S/C17H26N2O3/c1-2-12-22-16-6-4-15(5-7-16)17(20)18-8-3-9-19-10-13-21-14-11-19/h4-7H,2-3,8-14H2,1H3,(H,18,20)/p+1. The molecule has 1 aliphatic rings. The molecule has 122 valence electrons. The van der Waals surface area contributed by atoms with Crippen molar-refractivity contribution >= 4 is 5.91 Å². The van der Waals surface area contributed by atoms with Crippen molar-refractivity contribution in [1.29, 1.82) is 0 Å². The van der Waals surface area contributed by atoms with Crippen LogP contribution >= 0.6 is 0 Å². The fourth-order valence-electron chi connectivity index (χ4n) is 2.47. The van der Waals surface area contributed by atoms with Gasteiger partial charge in [0.2, 0.25) is 0 Å². The summed E-state index contributed by atoms with van der Waals surface area (Å²) in [5.41, 5.74) is 0.683. The zero-order valence-corrected chi connectivity index (χ0v) is 13.4. The van der Waals surface area contributed by atoms with Crippen LogP contribution in [0.5, 0.6) is 5.75 Å². The van der Waals surface area contributed by atoms with Gasteiger partial charge in [0, 0.05) is 18.5 Å². The number of rotatable bonds is 8. The first-order valence-corrected chi connectivity index (χ1v) is 8.22. The normalized spacial score (nSPS) is 15.5. The van der Waals surface area contributed by atoms with E-state index in [1.165, 1.54) is 0 Å². The monoisotopic (exact) mass is 307 g/mol. The lowest BCUT2D eigenvalue weighted by Crippen LogP contribution is -3.14. The number of hydrogen-bond donors (Lipinski definition) is 2. The van der Waals surface area contributed by atoms with E-state index in [4.69, 9.17) is 9.47 Å². The minimum absolute atomic E-state index is 0.0148. The van der Waals surface area contributed by atoms with Gasteiger partial charge in [-0.2, -0.15) is 0 Å². The van der Waals surface area contributed by atoms with Crippen LogP contribution in [0.15, 0.2) is 24.3 Å². The Morgan fingerprint density at radius 2 is 2.00 bits per heavy atom. The molecule has 1 aromatic rings. The first kappa shape index (κ1) is 16.8. The van der Waals surface area contributed by atoms with E-state index in [0.29, 0.717) is 12.2 Å². The highest BCUT2D eigenvalue weighted by molar-refractivity contribution is 5.94. The first-order chi connectivity index (χ1) is 10.8. The molecule has 2 N–H and O–H groups in total. The van der Waals surface area contributed by atoms with E-state index in [1.807, 2.05) is 24.3 Å². The smallest absolute Gasteiger partial charge is 0.251 e. The minimum Gasteiger partial charge on any atom is -0.494 e. The molecule has 22 heavy (non-hydrogen) atoms. The van der Waals surface area contributed by atoms with Gasteiger partial charge in [-0.3, -0.25) is 4.79 Å². The van der Waals surface area contributed by atoms with E-state index >= 15 is 0 Å². The largest absolute Gasteiger partial charge is 0.494 e. The molecule has 0 spiro atoms. The Kier molecular flexibility index (Phi) is 7.19. The molecule has 1 aliphatic heterocycles. The molecule has 0 radical (unpaired) electrons. The van der Waals surface area contributed by atoms with Gasteiger partial charge >= 0.3 is 0 Å². The number of hydrogen-bond acceptors (Lipinski definition) is 3. The Labute approximate surface area is 132 Å². The SMILES string of the molecule is CCCOc1ccc(C(=O)NCCC[NH+]2CCOCC2)cc1. The van der Waals surface area contributed by atoms with E-state index in [1.54, 1.807) is 4.90 Å². The average Bonchev–Trinajstić information content (AvgIpc) is 2.58. The van der Waals surface area contributed by atoms with Crippen LogP contribution in [-0.2, 0) is 4.74 Å². The van der Waals surface area contributed by atoms with Gasteiger partial charge in [-0.1, -0.05) is 6.92 Å². The van der Waals surface area contributed by atoms with Crippen molar-refractivity contribution in [2.75, 3.05) is 46.0 Å². The highest BCUT2D eigenvalue weighted by Gasteiger charge is 2.13. The summed E-state index contributed by atoms with van der Waals surface area (Å²) in [6, 6.07) is 7.33. The Morgan fingerprint density at radius 3 is 2.68 bits per heavy atom. The molecule has 1 fully saturated rings. The molecular weight excluding hydrogens is 280 g/mol. The lowest BCUT2D eigenvalue weighted by Gasteiger charge is -2.23. The lowest BCUT2D eigenvalue weighted by atomic mass is 10.2. The molecule has 0 unspecified atom stereocenters. The van der Waals surface area contributed by atoms with Crippen molar-refractivity contribution < 1.29 is 19.2 Å². The summed E-state index contributed by atoms with van der Waals surface area (Å²) >= 11 is 0. The summed E-state index contributed by atoms with van der Waals surface area (Å²) in [6.07, 6.45) is 1.98. The van der Waals surface area contributed by atoms with E-state index in [9.17, 15) is 4.79 Å². The number of nitrogens with one attached hydrogen (secondary N) is 2. The average molecular weight is 307 g/mol. The third kappa shape index (κ3) is 5.66. The number of ether oxygens (including phenoxy) is 2. The Bertz CT molecular complexity index is 442. The Hall–Kier alpha value is -1.59. The summed E-state index contributed by atoms with van der Waals surface area (Å²) < 4.78 is 10.8. The quantitative estimate of drug-likeness (QED) is 0.688. The molecule has 1 saturated heterocycles. The molecule has 0 aromatic heterocycles. The maximum absolute atomic E-state index is 12.0. The maximum Gasteiger partial charge on any atom is 0.251 e. The van der Waals surface area contributed by atoms with Crippen molar-refractivity contribution in [3.05, 3.63) is 29.8 Å². The number of morpholine rings is 1. The zero-order chi connectivity index (χ0) is 15.6. The molecule has 1 heterocycles. The van der Waals surface area contributed by atoms with Gasteiger partial charge in [-0.05, 0) is 30.7 Å². The zero-order valence-electron chi connectivity index (χ0n) is 13.4. The fraction of sp³-hybridized carbons (Fsp3) is 0.588. The highest BCUT2D eigenvalue weighted by atomic mass is 16.5. The van der Waals surface area contributed by atoms with E-state index in [2.05, 4.69) is 12.2 Å². The van der Waals surface area contributed by atoms with Crippen LogP contribution in [-0.4, -0.2) is 51.9 Å². The van der Waals surface area contributed by atoms with Crippen LogP contribution in [0.4, 0.5) is 0 Å². The minimum atomic E-state index is -0.0148. The maximum atomic E-state index is 12.0. The molecule has 0 atom stereocenters. The van der Waals surface area contributed by atoms with Gasteiger partial charge in [0.1, 0.15) is 18.8 Å². The molecule has 5 nitrogen and oxygen atoms in total. The molecule has 5 heteroatoms. The second-order valence-electron chi connectivity index (χ2n) is 5.59. The lowest BCUT2D eigenvalue weighted by molar-refractivity contribution is -0.908. The van der Waals surface area contributed by atoms with Gasteiger partial charge < -0.3 is 19.7 Å². The second-order valence-corrected chi connectivity index (χ2v) is 5.59. The Balaban J connectivity index is 1.65. The van der Waals surface area contributed by atoms with Gasteiger partial charge in [0.25, 0.3) is 5.91 Å². The van der Waals surface area contributed by atoms with Crippen LogP contribution in [0, 0.1) is 0 Å². The van der Waals surface area contributed by atoms with Crippen LogP contribution in [0.3, 0.4) is 0 Å². The molecular formula is C17H27N2O3+. The summed E-state index contributed by atoms with van der Waals surface area (Å²) in [7, 11) is 0. The van der Waals surface area contributed by atoms with Gasteiger partial charge in [-0.15, -0.1) is 0 Å². The van der Waals surface area contributed by atoms with Crippen molar-refractivity contribution in [2.45, 2.75) is 19.8 Å². The fourth-order valence-corrected chi connectivity index (χ4v) is 2.47. The number of carbonyl (C=O) groups excluding carboxylic acids is 1. The van der Waals surface area contributed by atoms with Crippen LogP contribution < -0.4 is 15.0 Å². The molecule has 1 amide bonds. The van der Waals surface area contributed by atoms with Crippen molar-refractivity contribution in [3.8, 4) is 5.75 Å². The van der Waals surface area contributed by atoms with Crippen LogP contribution in [0.1, 0.15) is 30.1 Å². The summed E-state index contributed by atoms with van der Waals surface area (Å²) in [4.78, 5) is 13.6. The topological polar surface area (TPSA) is 52.0 Å². The van der Waals surface area contributed by atoms with Gasteiger partial charge in [0.15, 0.2) is 0 Å². The van der Waals surface area contributed by atoms with Crippen molar-refractivity contribution in [2.24, 2.45) is 0 Å². The first-order valence-electron chi connectivity index (χ1n) is 8.22.